The second-order valence-electron chi connectivity index (χ2n) is 6.91. The summed E-state index contributed by atoms with van der Waals surface area (Å²) in [5.41, 5.74) is 2.45. The lowest BCUT2D eigenvalue weighted by Crippen LogP contribution is -2.38. The summed E-state index contributed by atoms with van der Waals surface area (Å²) in [5, 5.41) is 8.96. The molecule has 0 aliphatic carbocycles. The Morgan fingerprint density at radius 3 is 2.76 bits per heavy atom. The molecule has 0 N–H and O–H groups in total. The first-order valence-corrected chi connectivity index (χ1v) is 10.0. The van der Waals surface area contributed by atoms with Crippen LogP contribution in [0.1, 0.15) is 0 Å². The number of thiazole rings is 1. The number of hydrogen-bond acceptors (Lipinski definition) is 7. The number of methoxy groups -OCH3 is 1. The van der Waals surface area contributed by atoms with Crippen LogP contribution < -0.4 is 9.64 Å². The van der Waals surface area contributed by atoms with Gasteiger partial charge < -0.3 is 9.64 Å². The average Bonchev–Trinajstić information content (AvgIpc) is 3.31. The summed E-state index contributed by atoms with van der Waals surface area (Å²) in [7, 11) is 5.60. The normalized spacial score (nSPS) is 11.4. The van der Waals surface area contributed by atoms with Gasteiger partial charge in [-0.1, -0.05) is 28.7 Å². The first-order valence-electron chi connectivity index (χ1n) is 9.23. The molecule has 150 valence electrons. The van der Waals surface area contributed by atoms with Crippen LogP contribution in [0.3, 0.4) is 0 Å². The van der Waals surface area contributed by atoms with Crippen molar-refractivity contribution in [2.24, 2.45) is 0 Å². The molecule has 8 nitrogen and oxygen atoms in total. The lowest BCUT2D eigenvalue weighted by molar-refractivity contribution is -0.119. The SMILES string of the molecule is COc1ccc2nc(N(CCN(C)C)C(=O)Cn3nnc4ccccc43)sc2c1. The Morgan fingerprint density at radius 1 is 1.14 bits per heavy atom. The van der Waals surface area contributed by atoms with Crippen molar-refractivity contribution < 1.29 is 9.53 Å². The minimum absolute atomic E-state index is 0.0754. The van der Waals surface area contributed by atoms with Gasteiger partial charge in [0.1, 0.15) is 17.8 Å². The summed E-state index contributed by atoms with van der Waals surface area (Å²) in [6, 6.07) is 13.3. The summed E-state index contributed by atoms with van der Waals surface area (Å²) in [6.07, 6.45) is 0. The first kappa shape index (κ1) is 19.3. The molecule has 0 saturated carbocycles. The molecule has 0 spiro atoms. The predicted octanol–water partition coefficient (Wildman–Crippen LogP) is 2.64. The molecule has 9 heteroatoms. The van der Waals surface area contributed by atoms with Crippen LogP contribution in [0.15, 0.2) is 42.5 Å². The van der Waals surface area contributed by atoms with Gasteiger partial charge in [0.05, 0.1) is 22.8 Å². The molecule has 0 atom stereocenters. The van der Waals surface area contributed by atoms with Gasteiger partial charge in [-0.2, -0.15) is 0 Å². The quantitative estimate of drug-likeness (QED) is 0.466. The molecule has 0 aliphatic heterocycles. The average molecular weight is 411 g/mol. The second-order valence-corrected chi connectivity index (χ2v) is 7.92. The fourth-order valence-electron chi connectivity index (χ4n) is 3.01. The third kappa shape index (κ3) is 4.06. The topological polar surface area (TPSA) is 76.4 Å². The highest BCUT2D eigenvalue weighted by molar-refractivity contribution is 7.22. The van der Waals surface area contributed by atoms with Crippen molar-refractivity contribution >= 4 is 43.6 Å². The van der Waals surface area contributed by atoms with Crippen LogP contribution >= 0.6 is 11.3 Å². The van der Waals surface area contributed by atoms with E-state index in [4.69, 9.17) is 4.74 Å². The van der Waals surface area contributed by atoms with Crippen LogP contribution in [-0.4, -0.2) is 65.1 Å². The molecule has 1 amide bonds. The van der Waals surface area contributed by atoms with Crippen molar-refractivity contribution in [3.63, 3.8) is 0 Å². The van der Waals surface area contributed by atoms with Gasteiger partial charge >= 0.3 is 0 Å². The number of benzene rings is 2. The number of carbonyl (C=O) groups is 1. The number of ether oxygens (including phenoxy) is 1. The zero-order valence-corrected chi connectivity index (χ0v) is 17.4. The highest BCUT2D eigenvalue weighted by atomic mass is 32.1. The van der Waals surface area contributed by atoms with Crippen molar-refractivity contribution in [2.45, 2.75) is 6.54 Å². The van der Waals surface area contributed by atoms with E-state index in [-0.39, 0.29) is 12.5 Å². The molecule has 0 aliphatic rings. The monoisotopic (exact) mass is 410 g/mol. The third-order valence-electron chi connectivity index (χ3n) is 4.59. The molecule has 0 radical (unpaired) electrons. The molecule has 29 heavy (non-hydrogen) atoms. The Balaban J connectivity index is 1.64. The number of fused-ring (bicyclic) bond motifs is 2. The van der Waals surface area contributed by atoms with Crippen molar-refractivity contribution in [2.75, 3.05) is 39.2 Å². The number of aromatic nitrogens is 4. The van der Waals surface area contributed by atoms with Crippen LogP contribution in [0, 0.1) is 0 Å². The Hall–Kier alpha value is -3.04. The van der Waals surface area contributed by atoms with E-state index < -0.39 is 0 Å². The van der Waals surface area contributed by atoms with E-state index in [9.17, 15) is 4.79 Å². The van der Waals surface area contributed by atoms with Gasteiger partial charge in [0, 0.05) is 13.1 Å². The van der Waals surface area contributed by atoms with Crippen LogP contribution in [-0.2, 0) is 11.3 Å². The molecule has 2 aromatic carbocycles. The maximum atomic E-state index is 13.2. The van der Waals surface area contributed by atoms with Gasteiger partial charge in [-0.25, -0.2) is 9.67 Å². The van der Waals surface area contributed by atoms with E-state index in [0.717, 1.165) is 33.5 Å². The highest BCUT2D eigenvalue weighted by Gasteiger charge is 2.21. The van der Waals surface area contributed by atoms with Crippen LogP contribution in [0.2, 0.25) is 0 Å². The van der Waals surface area contributed by atoms with Gasteiger partial charge in [0.25, 0.3) is 5.91 Å². The number of amides is 1. The van der Waals surface area contributed by atoms with E-state index in [1.54, 1.807) is 16.7 Å². The van der Waals surface area contributed by atoms with Gasteiger partial charge in [-0.15, -0.1) is 5.10 Å². The van der Waals surface area contributed by atoms with E-state index in [2.05, 4.69) is 15.3 Å². The number of rotatable bonds is 7. The van der Waals surface area contributed by atoms with Crippen molar-refractivity contribution in [3.05, 3.63) is 42.5 Å². The van der Waals surface area contributed by atoms with Crippen LogP contribution in [0.4, 0.5) is 5.13 Å². The molecule has 4 aromatic rings. The summed E-state index contributed by atoms with van der Waals surface area (Å²) in [4.78, 5) is 21.7. The lowest BCUT2D eigenvalue weighted by atomic mass is 10.3. The van der Waals surface area contributed by atoms with Crippen LogP contribution in [0.5, 0.6) is 5.75 Å². The standard InChI is InChI=1S/C20H22N6O2S/c1-24(2)10-11-25(20-21-16-9-8-14(28-3)12-18(16)29-20)19(27)13-26-17-7-5-4-6-15(17)22-23-26/h4-9,12H,10-11,13H2,1-3H3. The highest BCUT2D eigenvalue weighted by Crippen LogP contribution is 2.31. The molecular formula is C20H22N6O2S. The molecular weight excluding hydrogens is 388 g/mol. The molecule has 0 bridgehead atoms. The van der Waals surface area contributed by atoms with Gasteiger partial charge in [0.15, 0.2) is 5.13 Å². The molecule has 2 heterocycles. The summed E-state index contributed by atoms with van der Waals surface area (Å²) >= 11 is 1.48. The lowest BCUT2D eigenvalue weighted by Gasteiger charge is -2.22. The maximum Gasteiger partial charge on any atom is 0.250 e. The fraction of sp³-hybridized carbons (Fsp3) is 0.300. The van der Waals surface area contributed by atoms with Crippen molar-refractivity contribution in [1.29, 1.82) is 0 Å². The van der Waals surface area contributed by atoms with Gasteiger partial charge in [-0.3, -0.25) is 9.69 Å². The molecule has 0 unspecified atom stereocenters. The number of carbonyl (C=O) groups excluding carboxylic acids is 1. The first-order chi connectivity index (χ1) is 14.0. The summed E-state index contributed by atoms with van der Waals surface area (Å²) < 4.78 is 7.92. The Bertz CT molecular complexity index is 1150. The smallest absolute Gasteiger partial charge is 0.250 e. The minimum Gasteiger partial charge on any atom is -0.497 e. The van der Waals surface area contributed by atoms with Gasteiger partial charge in [0.2, 0.25) is 0 Å². The molecule has 4 rings (SSSR count). The number of likely N-dealkylation sites (N-methyl/N-ethyl adjacent to an activating group) is 1. The largest absolute Gasteiger partial charge is 0.497 e. The zero-order chi connectivity index (χ0) is 20.4. The van der Waals surface area contributed by atoms with E-state index in [0.29, 0.717) is 11.7 Å². The maximum absolute atomic E-state index is 13.2. The second kappa shape index (κ2) is 8.14. The van der Waals surface area contributed by atoms with Crippen molar-refractivity contribution in [3.8, 4) is 5.75 Å². The Kier molecular flexibility index (Phi) is 5.41. The summed E-state index contributed by atoms with van der Waals surface area (Å²) in [5.74, 6) is 0.696. The molecule has 0 saturated heterocycles. The third-order valence-corrected chi connectivity index (χ3v) is 5.63. The number of para-hydroxylation sites is 1. The Labute approximate surface area is 172 Å². The number of hydrogen-bond donors (Lipinski definition) is 0. The van der Waals surface area contributed by atoms with E-state index in [1.165, 1.54) is 11.3 Å². The minimum atomic E-state index is -0.0754. The molecule has 0 fully saturated rings. The van der Waals surface area contributed by atoms with E-state index >= 15 is 0 Å². The number of anilines is 1. The van der Waals surface area contributed by atoms with Crippen LogP contribution in [0.25, 0.3) is 21.3 Å². The number of nitrogens with zero attached hydrogens (tertiary/aromatic N) is 6. The predicted molar refractivity (Wildman–Crippen MR) is 115 cm³/mol. The van der Waals surface area contributed by atoms with E-state index in [1.807, 2.05) is 61.5 Å². The Morgan fingerprint density at radius 2 is 1.97 bits per heavy atom. The molecule has 2 aromatic heterocycles. The zero-order valence-electron chi connectivity index (χ0n) is 16.6. The van der Waals surface area contributed by atoms with Crippen molar-refractivity contribution in [1.82, 2.24) is 24.9 Å². The fourth-order valence-corrected chi connectivity index (χ4v) is 4.05. The van der Waals surface area contributed by atoms with Gasteiger partial charge in [-0.05, 0) is 44.4 Å². The summed E-state index contributed by atoms with van der Waals surface area (Å²) in [6.45, 7) is 1.37.